The van der Waals surface area contributed by atoms with E-state index in [4.69, 9.17) is 9.47 Å². The Morgan fingerprint density at radius 1 is 1.21 bits per heavy atom. The molecule has 0 fully saturated rings. The Morgan fingerprint density at radius 2 is 1.84 bits per heavy atom. The number of hydrogen-bond acceptors (Lipinski definition) is 4. The molecule has 0 N–H and O–H groups in total. The number of benzene rings is 1. The predicted molar refractivity (Wildman–Crippen MR) is 77.0 cm³/mol. The van der Waals surface area contributed by atoms with Crippen LogP contribution in [-0.4, -0.2) is 45.8 Å². The number of methoxy groups -OCH3 is 2. The van der Waals surface area contributed by atoms with E-state index in [0.717, 1.165) is 17.8 Å². The molecule has 1 rings (SSSR count). The SMILES string of the molecule is COCCN(c1ccc(C(C)=O)cc1)C(C)COC. The second-order valence-electron chi connectivity index (χ2n) is 4.59. The highest BCUT2D eigenvalue weighted by Crippen LogP contribution is 2.18. The molecule has 0 aliphatic carbocycles. The second-order valence-corrected chi connectivity index (χ2v) is 4.59. The zero-order valence-corrected chi connectivity index (χ0v) is 12.2. The topological polar surface area (TPSA) is 38.8 Å². The Labute approximate surface area is 115 Å². The molecule has 0 heterocycles. The maximum Gasteiger partial charge on any atom is 0.159 e. The number of ketones is 1. The van der Waals surface area contributed by atoms with Gasteiger partial charge in [0.25, 0.3) is 0 Å². The van der Waals surface area contributed by atoms with Crippen LogP contribution in [0.25, 0.3) is 0 Å². The summed E-state index contributed by atoms with van der Waals surface area (Å²) in [6.07, 6.45) is 0. The molecule has 19 heavy (non-hydrogen) atoms. The van der Waals surface area contributed by atoms with Crippen LogP contribution in [0.4, 0.5) is 5.69 Å². The van der Waals surface area contributed by atoms with E-state index in [-0.39, 0.29) is 11.8 Å². The Bertz CT molecular complexity index is 389. The lowest BCUT2D eigenvalue weighted by Crippen LogP contribution is -2.38. The average Bonchev–Trinajstić information content (AvgIpc) is 2.40. The summed E-state index contributed by atoms with van der Waals surface area (Å²) in [4.78, 5) is 13.5. The zero-order valence-electron chi connectivity index (χ0n) is 12.2. The highest BCUT2D eigenvalue weighted by molar-refractivity contribution is 5.94. The van der Waals surface area contributed by atoms with Crippen molar-refractivity contribution < 1.29 is 14.3 Å². The van der Waals surface area contributed by atoms with Gasteiger partial charge in [-0.1, -0.05) is 0 Å². The lowest BCUT2D eigenvalue weighted by molar-refractivity contribution is 0.101. The summed E-state index contributed by atoms with van der Waals surface area (Å²) in [7, 11) is 3.39. The first-order valence-electron chi connectivity index (χ1n) is 6.45. The Morgan fingerprint density at radius 3 is 2.32 bits per heavy atom. The van der Waals surface area contributed by atoms with E-state index in [1.54, 1.807) is 21.1 Å². The van der Waals surface area contributed by atoms with Crippen molar-refractivity contribution in [2.24, 2.45) is 0 Å². The first-order valence-corrected chi connectivity index (χ1v) is 6.45. The maximum absolute atomic E-state index is 11.3. The second kappa shape index (κ2) is 7.92. The molecule has 0 spiro atoms. The first-order chi connectivity index (χ1) is 9.10. The summed E-state index contributed by atoms with van der Waals surface area (Å²) in [6.45, 7) is 5.78. The van der Waals surface area contributed by atoms with Crippen LogP contribution in [0.3, 0.4) is 0 Å². The maximum atomic E-state index is 11.3. The minimum atomic E-state index is 0.0833. The Hall–Kier alpha value is -1.39. The van der Waals surface area contributed by atoms with Crippen LogP contribution in [-0.2, 0) is 9.47 Å². The van der Waals surface area contributed by atoms with Crippen LogP contribution < -0.4 is 4.90 Å². The van der Waals surface area contributed by atoms with E-state index in [0.29, 0.717) is 13.2 Å². The molecule has 0 aromatic heterocycles. The minimum Gasteiger partial charge on any atom is -0.383 e. The number of nitrogens with zero attached hydrogens (tertiary/aromatic N) is 1. The summed E-state index contributed by atoms with van der Waals surface area (Å²) in [5.41, 5.74) is 1.81. The van der Waals surface area contributed by atoms with Crippen molar-refractivity contribution in [1.29, 1.82) is 0 Å². The minimum absolute atomic E-state index is 0.0833. The van der Waals surface area contributed by atoms with Gasteiger partial charge in [0.15, 0.2) is 5.78 Å². The van der Waals surface area contributed by atoms with E-state index in [1.807, 2.05) is 24.3 Å². The van der Waals surface area contributed by atoms with E-state index < -0.39 is 0 Å². The largest absolute Gasteiger partial charge is 0.383 e. The van der Waals surface area contributed by atoms with Crippen LogP contribution in [0, 0.1) is 0 Å². The van der Waals surface area contributed by atoms with E-state index in [1.165, 1.54) is 0 Å². The standard InChI is InChI=1S/C15H23NO3/c1-12(11-19-4)16(9-10-18-3)15-7-5-14(6-8-15)13(2)17/h5-8,12H,9-11H2,1-4H3. The number of rotatable bonds is 8. The van der Waals surface area contributed by atoms with Gasteiger partial charge in [-0.2, -0.15) is 0 Å². The molecular weight excluding hydrogens is 242 g/mol. The van der Waals surface area contributed by atoms with Gasteiger partial charge in [-0.05, 0) is 38.1 Å². The molecule has 0 bridgehead atoms. The summed E-state index contributed by atoms with van der Waals surface area (Å²) >= 11 is 0. The van der Waals surface area contributed by atoms with Crippen LogP contribution in [0.15, 0.2) is 24.3 Å². The van der Waals surface area contributed by atoms with Gasteiger partial charge in [0.05, 0.1) is 13.2 Å². The van der Waals surface area contributed by atoms with Crippen molar-refractivity contribution in [2.45, 2.75) is 19.9 Å². The molecule has 0 radical (unpaired) electrons. The van der Waals surface area contributed by atoms with Crippen molar-refractivity contribution in [3.8, 4) is 0 Å². The van der Waals surface area contributed by atoms with Crippen LogP contribution in [0.2, 0.25) is 0 Å². The number of carbonyl (C=O) groups excluding carboxylic acids is 1. The van der Waals surface area contributed by atoms with E-state index >= 15 is 0 Å². The molecule has 1 aromatic carbocycles. The van der Waals surface area contributed by atoms with Gasteiger partial charge >= 0.3 is 0 Å². The third-order valence-electron chi connectivity index (χ3n) is 3.08. The van der Waals surface area contributed by atoms with Gasteiger partial charge in [-0.3, -0.25) is 4.79 Å². The predicted octanol–water partition coefficient (Wildman–Crippen LogP) is 2.38. The summed E-state index contributed by atoms with van der Waals surface area (Å²) in [5, 5.41) is 0. The highest BCUT2D eigenvalue weighted by Gasteiger charge is 2.14. The molecule has 106 valence electrons. The van der Waals surface area contributed by atoms with Gasteiger partial charge < -0.3 is 14.4 Å². The average molecular weight is 265 g/mol. The number of anilines is 1. The number of hydrogen-bond donors (Lipinski definition) is 0. The fourth-order valence-corrected chi connectivity index (χ4v) is 2.01. The molecule has 0 saturated heterocycles. The fourth-order valence-electron chi connectivity index (χ4n) is 2.01. The molecule has 4 heteroatoms. The highest BCUT2D eigenvalue weighted by atomic mass is 16.5. The molecule has 1 unspecified atom stereocenters. The molecule has 4 nitrogen and oxygen atoms in total. The molecule has 0 aliphatic rings. The molecular formula is C15H23NO3. The van der Waals surface area contributed by atoms with Crippen LogP contribution in [0.5, 0.6) is 0 Å². The molecule has 0 amide bonds. The molecule has 0 aliphatic heterocycles. The molecule has 1 atom stereocenters. The summed E-state index contributed by atoms with van der Waals surface area (Å²) in [6, 6.07) is 7.91. The van der Waals surface area contributed by atoms with Crippen LogP contribution in [0.1, 0.15) is 24.2 Å². The smallest absolute Gasteiger partial charge is 0.159 e. The van der Waals surface area contributed by atoms with Gasteiger partial charge in [-0.25, -0.2) is 0 Å². The van der Waals surface area contributed by atoms with Crippen molar-refractivity contribution in [3.63, 3.8) is 0 Å². The monoisotopic (exact) mass is 265 g/mol. The van der Waals surface area contributed by atoms with Gasteiger partial charge in [0, 0.05) is 38.1 Å². The molecule has 0 saturated carbocycles. The summed E-state index contributed by atoms with van der Waals surface area (Å²) in [5.74, 6) is 0.0833. The first kappa shape index (κ1) is 15.7. The lowest BCUT2D eigenvalue weighted by Gasteiger charge is -2.30. The Balaban J connectivity index is 2.86. The van der Waals surface area contributed by atoms with E-state index in [2.05, 4.69) is 11.8 Å². The fraction of sp³-hybridized carbons (Fsp3) is 0.533. The third-order valence-corrected chi connectivity index (χ3v) is 3.08. The normalized spacial score (nSPS) is 12.2. The van der Waals surface area contributed by atoms with Crippen molar-refractivity contribution >= 4 is 11.5 Å². The number of Topliss-reactive ketones (excluding diaryl/α,β-unsaturated/α-hetero) is 1. The molecule has 1 aromatic rings. The van der Waals surface area contributed by atoms with Crippen molar-refractivity contribution in [2.75, 3.05) is 38.9 Å². The van der Waals surface area contributed by atoms with E-state index in [9.17, 15) is 4.79 Å². The van der Waals surface area contributed by atoms with Crippen LogP contribution >= 0.6 is 0 Å². The van der Waals surface area contributed by atoms with Gasteiger partial charge in [-0.15, -0.1) is 0 Å². The number of ether oxygens (including phenoxy) is 2. The van der Waals surface area contributed by atoms with Crippen molar-refractivity contribution in [1.82, 2.24) is 0 Å². The van der Waals surface area contributed by atoms with Gasteiger partial charge in [0.2, 0.25) is 0 Å². The zero-order chi connectivity index (χ0) is 14.3. The lowest BCUT2D eigenvalue weighted by atomic mass is 10.1. The third kappa shape index (κ3) is 4.65. The van der Waals surface area contributed by atoms with Crippen molar-refractivity contribution in [3.05, 3.63) is 29.8 Å². The Kier molecular flexibility index (Phi) is 6.53. The quantitative estimate of drug-likeness (QED) is 0.676. The van der Waals surface area contributed by atoms with Gasteiger partial charge in [0.1, 0.15) is 0 Å². The summed E-state index contributed by atoms with van der Waals surface area (Å²) < 4.78 is 10.4. The number of carbonyl (C=O) groups is 1.